The molecule has 1 aromatic rings. The molecule has 0 aliphatic carbocycles. The third kappa shape index (κ3) is 4.65. The molecule has 19 heavy (non-hydrogen) atoms. The van der Waals surface area contributed by atoms with E-state index in [1.807, 2.05) is 0 Å². The zero-order valence-corrected chi connectivity index (χ0v) is 10.9. The summed E-state index contributed by atoms with van der Waals surface area (Å²) in [6.45, 7) is -0.0207. The van der Waals surface area contributed by atoms with Crippen LogP contribution in [0.25, 0.3) is 0 Å². The van der Waals surface area contributed by atoms with Gasteiger partial charge >= 0.3 is 0 Å². The second-order valence-corrected chi connectivity index (χ2v) is 4.17. The molecule has 0 fully saturated rings. The first kappa shape index (κ1) is 15.1. The average molecular weight is 270 g/mol. The quantitative estimate of drug-likeness (QED) is 0.871. The Morgan fingerprint density at radius 1 is 1.26 bits per heavy atom. The van der Waals surface area contributed by atoms with Gasteiger partial charge in [0, 0.05) is 20.5 Å². The molecule has 1 rings (SSSR count). The molecule has 0 atom stereocenters. The van der Waals surface area contributed by atoms with Gasteiger partial charge in [0.25, 0.3) is 0 Å². The first-order valence-corrected chi connectivity index (χ1v) is 5.82. The third-order valence-electron chi connectivity index (χ3n) is 2.70. The minimum atomic E-state index is -0.927. The Balaban J connectivity index is 2.49. The lowest BCUT2D eigenvalue weighted by Gasteiger charge is -2.15. The lowest BCUT2D eigenvalue weighted by Crippen LogP contribution is -2.36. The van der Waals surface area contributed by atoms with Crippen molar-refractivity contribution in [1.29, 1.82) is 0 Å². The molecule has 6 heteroatoms. The van der Waals surface area contributed by atoms with Crippen LogP contribution in [-0.4, -0.2) is 37.4 Å². The van der Waals surface area contributed by atoms with Crippen LogP contribution in [0.15, 0.2) is 18.2 Å². The van der Waals surface area contributed by atoms with Crippen LogP contribution in [0.5, 0.6) is 0 Å². The molecule has 4 nitrogen and oxygen atoms in total. The predicted octanol–water partition coefficient (Wildman–Crippen LogP) is 1.10. The summed E-state index contributed by atoms with van der Waals surface area (Å²) in [6, 6.07) is 3.54. The zero-order valence-electron chi connectivity index (χ0n) is 10.9. The van der Waals surface area contributed by atoms with Gasteiger partial charge in [-0.1, -0.05) is 6.07 Å². The number of rotatable bonds is 5. The van der Waals surface area contributed by atoms with Gasteiger partial charge in [-0.15, -0.1) is 0 Å². The van der Waals surface area contributed by atoms with E-state index in [9.17, 15) is 18.4 Å². The van der Waals surface area contributed by atoms with E-state index in [1.54, 1.807) is 0 Å². The van der Waals surface area contributed by atoms with Gasteiger partial charge in [0.2, 0.25) is 11.8 Å². The number of halogens is 2. The monoisotopic (exact) mass is 270 g/mol. The number of benzene rings is 1. The molecule has 0 heterocycles. The van der Waals surface area contributed by atoms with Gasteiger partial charge in [0.15, 0.2) is 11.6 Å². The van der Waals surface area contributed by atoms with E-state index < -0.39 is 11.6 Å². The minimum Gasteiger partial charge on any atom is -0.358 e. The molecular formula is C13H16F2N2O2. The number of amides is 2. The summed E-state index contributed by atoms with van der Waals surface area (Å²) in [5.74, 6) is -2.33. The number of carbonyl (C=O) groups excluding carboxylic acids is 2. The number of nitrogens with zero attached hydrogens (tertiary/aromatic N) is 1. The fourth-order valence-corrected chi connectivity index (χ4v) is 1.52. The van der Waals surface area contributed by atoms with Crippen molar-refractivity contribution in [3.05, 3.63) is 35.4 Å². The summed E-state index contributed by atoms with van der Waals surface area (Å²) in [7, 11) is 3.00. The summed E-state index contributed by atoms with van der Waals surface area (Å²) >= 11 is 0. The third-order valence-corrected chi connectivity index (χ3v) is 2.70. The highest BCUT2D eigenvalue weighted by Crippen LogP contribution is 2.10. The number of aryl methyl sites for hydroxylation is 1. The van der Waals surface area contributed by atoms with Gasteiger partial charge in [-0.05, 0) is 24.1 Å². The number of carbonyl (C=O) groups is 2. The van der Waals surface area contributed by atoms with Crippen LogP contribution in [-0.2, 0) is 16.0 Å². The fourth-order valence-electron chi connectivity index (χ4n) is 1.52. The van der Waals surface area contributed by atoms with Gasteiger partial charge in [-0.2, -0.15) is 0 Å². The van der Waals surface area contributed by atoms with Crippen LogP contribution in [0, 0.1) is 11.6 Å². The molecule has 0 saturated carbocycles. The van der Waals surface area contributed by atoms with Crippen molar-refractivity contribution in [2.45, 2.75) is 12.8 Å². The van der Waals surface area contributed by atoms with Gasteiger partial charge in [-0.25, -0.2) is 8.78 Å². The Morgan fingerprint density at radius 3 is 2.53 bits per heavy atom. The normalized spacial score (nSPS) is 10.1. The summed E-state index contributed by atoms with van der Waals surface area (Å²) in [6.07, 6.45) is 0.437. The molecule has 0 aromatic heterocycles. The lowest BCUT2D eigenvalue weighted by molar-refractivity contribution is -0.134. The summed E-state index contributed by atoms with van der Waals surface area (Å²) < 4.78 is 25.7. The number of likely N-dealkylation sites (N-methyl/N-ethyl adjacent to an activating group) is 2. The minimum absolute atomic E-state index is 0.0207. The zero-order chi connectivity index (χ0) is 14.4. The van der Waals surface area contributed by atoms with E-state index >= 15 is 0 Å². The van der Waals surface area contributed by atoms with E-state index in [0.29, 0.717) is 12.0 Å². The van der Waals surface area contributed by atoms with Crippen LogP contribution >= 0.6 is 0 Å². The molecule has 0 bridgehead atoms. The maximum atomic E-state index is 13.0. The maximum Gasteiger partial charge on any atom is 0.239 e. The molecule has 2 amide bonds. The molecule has 0 aliphatic rings. The maximum absolute atomic E-state index is 13.0. The largest absolute Gasteiger partial charge is 0.358 e. The second-order valence-electron chi connectivity index (χ2n) is 4.17. The molecule has 0 unspecified atom stereocenters. The Hall–Kier alpha value is -1.98. The van der Waals surface area contributed by atoms with E-state index in [-0.39, 0.29) is 24.8 Å². The SMILES string of the molecule is CNC(=O)CN(C)C(=O)CCc1ccc(F)c(F)c1. The van der Waals surface area contributed by atoms with Crippen molar-refractivity contribution in [2.75, 3.05) is 20.6 Å². The summed E-state index contributed by atoms with van der Waals surface area (Å²) in [5.41, 5.74) is 0.542. The number of hydrogen-bond acceptors (Lipinski definition) is 2. The lowest BCUT2D eigenvalue weighted by atomic mass is 10.1. The fraction of sp³-hybridized carbons (Fsp3) is 0.385. The second kappa shape index (κ2) is 6.82. The van der Waals surface area contributed by atoms with Crippen LogP contribution in [0.2, 0.25) is 0 Å². The Bertz CT molecular complexity index is 478. The van der Waals surface area contributed by atoms with Crippen LogP contribution < -0.4 is 5.32 Å². The molecule has 0 spiro atoms. The van der Waals surface area contributed by atoms with E-state index in [2.05, 4.69) is 5.32 Å². The predicted molar refractivity (Wildman–Crippen MR) is 66.4 cm³/mol. The standard InChI is InChI=1S/C13H16F2N2O2/c1-16-12(18)8-17(2)13(19)6-4-9-3-5-10(14)11(15)7-9/h3,5,7H,4,6,8H2,1-2H3,(H,16,18). The summed E-state index contributed by atoms with van der Waals surface area (Å²) in [5, 5.41) is 2.41. The first-order valence-electron chi connectivity index (χ1n) is 5.82. The summed E-state index contributed by atoms with van der Waals surface area (Å²) in [4.78, 5) is 24.1. The topological polar surface area (TPSA) is 49.4 Å². The van der Waals surface area contributed by atoms with Crippen LogP contribution in [0.4, 0.5) is 8.78 Å². The van der Waals surface area contributed by atoms with Crippen molar-refractivity contribution in [1.82, 2.24) is 10.2 Å². The Labute approximate surface area is 110 Å². The molecule has 0 saturated heterocycles. The van der Waals surface area contributed by atoms with Crippen molar-refractivity contribution in [2.24, 2.45) is 0 Å². The van der Waals surface area contributed by atoms with Crippen molar-refractivity contribution >= 4 is 11.8 Å². The van der Waals surface area contributed by atoms with Gasteiger partial charge in [0.1, 0.15) is 0 Å². The van der Waals surface area contributed by atoms with E-state index in [0.717, 1.165) is 12.1 Å². The number of nitrogens with one attached hydrogen (secondary N) is 1. The van der Waals surface area contributed by atoms with Gasteiger partial charge in [0.05, 0.1) is 6.54 Å². The highest BCUT2D eigenvalue weighted by atomic mass is 19.2. The highest BCUT2D eigenvalue weighted by Gasteiger charge is 2.12. The average Bonchev–Trinajstić information content (AvgIpc) is 2.39. The van der Waals surface area contributed by atoms with Crippen molar-refractivity contribution < 1.29 is 18.4 Å². The molecule has 0 aliphatic heterocycles. The number of hydrogen-bond donors (Lipinski definition) is 1. The van der Waals surface area contributed by atoms with Crippen molar-refractivity contribution in [3.8, 4) is 0 Å². The van der Waals surface area contributed by atoms with Crippen LogP contribution in [0.3, 0.4) is 0 Å². The van der Waals surface area contributed by atoms with Crippen molar-refractivity contribution in [3.63, 3.8) is 0 Å². The molecule has 1 aromatic carbocycles. The molecule has 0 radical (unpaired) electrons. The molecule has 1 N–H and O–H groups in total. The molecular weight excluding hydrogens is 254 g/mol. The van der Waals surface area contributed by atoms with Crippen LogP contribution in [0.1, 0.15) is 12.0 Å². The smallest absolute Gasteiger partial charge is 0.239 e. The first-order chi connectivity index (χ1) is 8.93. The van der Waals surface area contributed by atoms with E-state index in [1.165, 1.54) is 25.1 Å². The Kier molecular flexibility index (Phi) is 5.41. The molecule has 104 valence electrons. The van der Waals surface area contributed by atoms with Gasteiger partial charge in [-0.3, -0.25) is 9.59 Å². The Morgan fingerprint density at radius 2 is 1.95 bits per heavy atom. The van der Waals surface area contributed by atoms with E-state index in [4.69, 9.17) is 0 Å². The highest BCUT2D eigenvalue weighted by molar-refractivity contribution is 5.84. The van der Waals surface area contributed by atoms with Gasteiger partial charge < -0.3 is 10.2 Å².